The van der Waals surface area contributed by atoms with Gasteiger partial charge in [0.15, 0.2) is 0 Å². The minimum absolute atomic E-state index is 0.210. The molecule has 2 rings (SSSR count). The van der Waals surface area contributed by atoms with Gasteiger partial charge in [0, 0.05) is 21.8 Å². The van der Waals surface area contributed by atoms with Gasteiger partial charge in [-0.25, -0.2) is 4.98 Å². The number of halogens is 1. The SMILES string of the molecule is CC(=O)CCc1csc(-c2cccc(Br)c2)n1. The minimum Gasteiger partial charge on any atom is -0.300 e. The van der Waals surface area contributed by atoms with Crippen molar-refractivity contribution >= 4 is 33.0 Å². The van der Waals surface area contributed by atoms with Crippen molar-refractivity contribution in [2.24, 2.45) is 0 Å². The van der Waals surface area contributed by atoms with E-state index < -0.39 is 0 Å². The Morgan fingerprint density at radius 1 is 1.47 bits per heavy atom. The summed E-state index contributed by atoms with van der Waals surface area (Å²) in [4.78, 5) is 15.4. The van der Waals surface area contributed by atoms with Crippen LogP contribution in [0.15, 0.2) is 34.1 Å². The molecule has 0 fully saturated rings. The van der Waals surface area contributed by atoms with Crippen LogP contribution in [0.3, 0.4) is 0 Å². The number of thiazole rings is 1. The molecule has 1 aromatic heterocycles. The lowest BCUT2D eigenvalue weighted by atomic mass is 10.2. The second-order valence-electron chi connectivity index (χ2n) is 3.86. The zero-order chi connectivity index (χ0) is 12.3. The van der Waals surface area contributed by atoms with Crippen LogP contribution in [0.4, 0.5) is 0 Å². The molecule has 17 heavy (non-hydrogen) atoms. The van der Waals surface area contributed by atoms with Gasteiger partial charge in [-0.05, 0) is 25.5 Å². The minimum atomic E-state index is 0.210. The molecule has 0 saturated carbocycles. The summed E-state index contributed by atoms with van der Waals surface area (Å²) in [6.07, 6.45) is 1.31. The highest BCUT2D eigenvalue weighted by Crippen LogP contribution is 2.26. The van der Waals surface area contributed by atoms with E-state index in [0.717, 1.165) is 27.2 Å². The van der Waals surface area contributed by atoms with Crippen molar-refractivity contribution < 1.29 is 4.79 Å². The molecule has 0 aliphatic heterocycles. The van der Waals surface area contributed by atoms with E-state index in [1.165, 1.54) is 0 Å². The topological polar surface area (TPSA) is 30.0 Å². The molecule has 0 radical (unpaired) electrons. The zero-order valence-electron chi connectivity index (χ0n) is 9.44. The zero-order valence-corrected chi connectivity index (χ0v) is 11.8. The number of carbonyl (C=O) groups excluding carboxylic acids is 1. The molecule has 0 N–H and O–H groups in total. The Morgan fingerprint density at radius 2 is 2.29 bits per heavy atom. The van der Waals surface area contributed by atoms with Gasteiger partial charge in [-0.3, -0.25) is 0 Å². The van der Waals surface area contributed by atoms with E-state index in [4.69, 9.17) is 0 Å². The Kier molecular flexibility index (Phi) is 4.07. The summed E-state index contributed by atoms with van der Waals surface area (Å²) in [7, 11) is 0. The van der Waals surface area contributed by atoms with E-state index in [1.807, 2.05) is 29.6 Å². The molecule has 0 unspecified atom stereocenters. The monoisotopic (exact) mass is 309 g/mol. The van der Waals surface area contributed by atoms with Gasteiger partial charge in [-0.1, -0.05) is 28.1 Å². The number of nitrogens with zero attached hydrogens (tertiary/aromatic N) is 1. The normalized spacial score (nSPS) is 10.5. The second kappa shape index (κ2) is 5.56. The number of hydrogen-bond acceptors (Lipinski definition) is 3. The van der Waals surface area contributed by atoms with Gasteiger partial charge in [0.2, 0.25) is 0 Å². The van der Waals surface area contributed by atoms with Crippen LogP contribution >= 0.6 is 27.3 Å². The summed E-state index contributed by atoms with van der Waals surface area (Å²) in [6, 6.07) is 8.08. The molecule has 4 heteroatoms. The van der Waals surface area contributed by atoms with Crippen molar-refractivity contribution in [2.75, 3.05) is 0 Å². The Morgan fingerprint density at radius 3 is 3.00 bits per heavy atom. The number of carbonyl (C=O) groups is 1. The van der Waals surface area contributed by atoms with Crippen LogP contribution in [-0.4, -0.2) is 10.8 Å². The molecule has 0 atom stereocenters. The highest BCUT2D eigenvalue weighted by Gasteiger charge is 2.05. The van der Waals surface area contributed by atoms with Gasteiger partial charge >= 0.3 is 0 Å². The summed E-state index contributed by atoms with van der Waals surface area (Å²) in [6.45, 7) is 1.61. The molecule has 0 bridgehead atoms. The van der Waals surface area contributed by atoms with E-state index in [-0.39, 0.29) is 5.78 Å². The largest absolute Gasteiger partial charge is 0.300 e. The van der Waals surface area contributed by atoms with Crippen molar-refractivity contribution in [3.8, 4) is 10.6 Å². The number of aromatic nitrogens is 1. The lowest BCUT2D eigenvalue weighted by molar-refractivity contribution is -0.116. The van der Waals surface area contributed by atoms with Crippen LogP contribution in [0, 0.1) is 0 Å². The number of Topliss-reactive ketones (excluding diaryl/α,β-unsaturated/α-hetero) is 1. The Bertz CT molecular complexity index is 536. The third-order valence-corrected chi connectivity index (χ3v) is 3.79. The molecule has 2 aromatic rings. The summed E-state index contributed by atoms with van der Waals surface area (Å²) < 4.78 is 1.05. The maximum absolute atomic E-state index is 10.9. The second-order valence-corrected chi connectivity index (χ2v) is 5.63. The number of ketones is 1. The molecule has 88 valence electrons. The Balaban J connectivity index is 2.15. The summed E-state index contributed by atoms with van der Waals surface area (Å²) in [5, 5.41) is 3.03. The maximum Gasteiger partial charge on any atom is 0.130 e. The quantitative estimate of drug-likeness (QED) is 0.851. The molecule has 1 heterocycles. The van der Waals surface area contributed by atoms with E-state index in [0.29, 0.717) is 6.42 Å². The predicted octanol–water partition coefficient (Wildman–Crippen LogP) is 4.09. The smallest absolute Gasteiger partial charge is 0.130 e. The van der Waals surface area contributed by atoms with Gasteiger partial charge in [-0.2, -0.15) is 0 Å². The van der Waals surface area contributed by atoms with Crippen molar-refractivity contribution in [1.29, 1.82) is 0 Å². The first kappa shape index (κ1) is 12.5. The molecule has 0 saturated heterocycles. The van der Waals surface area contributed by atoms with Crippen LogP contribution in [0.2, 0.25) is 0 Å². The fourth-order valence-electron chi connectivity index (χ4n) is 1.48. The van der Waals surface area contributed by atoms with E-state index in [9.17, 15) is 4.79 Å². The van der Waals surface area contributed by atoms with Crippen LogP contribution in [0.1, 0.15) is 19.0 Å². The van der Waals surface area contributed by atoms with Crippen molar-refractivity contribution in [3.63, 3.8) is 0 Å². The van der Waals surface area contributed by atoms with Gasteiger partial charge in [0.25, 0.3) is 0 Å². The fraction of sp³-hybridized carbons (Fsp3) is 0.231. The molecule has 0 amide bonds. The van der Waals surface area contributed by atoms with E-state index >= 15 is 0 Å². The van der Waals surface area contributed by atoms with Crippen molar-refractivity contribution in [2.45, 2.75) is 19.8 Å². The lowest BCUT2D eigenvalue weighted by Gasteiger charge is -1.96. The predicted molar refractivity (Wildman–Crippen MR) is 74.3 cm³/mol. The molecule has 0 aliphatic carbocycles. The molecule has 2 nitrogen and oxygen atoms in total. The fourth-order valence-corrected chi connectivity index (χ4v) is 2.73. The first-order valence-electron chi connectivity index (χ1n) is 5.35. The molecule has 1 aromatic carbocycles. The summed E-state index contributed by atoms with van der Waals surface area (Å²) in [5.41, 5.74) is 2.11. The molecule has 0 aliphatic rings. The Labute approximate surface area is 113 Å². The highest BCUT2D eigenvalue weighted by molar-refractivity contribution is 9.10. The van der Waals surface area contributed by atoms with Crippen LogP contribution in [0.5, 0.6) is 0 Å². The first-order chi connectivity index (χ1) is 8.15. The molecular weight excluding hydrogens is 298 g/mol. The average molecular weight is 310 g/mol. The van der Waals surface area contributed by atoms with Crippen LogP contribution in [-0.2, 0) is 11.2 Å². The summed E-state index contributed by atoms with van der Waals surface area (Å²) >= 11 is 5.07. The average Bonchev–Trinajstić information content (AvgIpc) is 2.75. The van der Waals surface area contributed by atoms with E-state index in [2.05, 4.69) is 20.9 Å². The third kappa shape index (κ3) is 3.48. The van der Waals surface area contributed by atoms with Crippen molar-refractivity contribution in [3.05, 3.63) is 39.8 Å². The highest BCUT2D eigenvalue weighted by atomic mass is 79.9. The van der Waals surface area contributed by atoms with Gasteiger partial charge in [0.05, 0.1) is 5.69 Å². The van der Waals surface area contributed by atoms with Gasteiger partial charge in [-0.15, -0.1) is 11.3 Å². The third-order valence-electron chi connectivity index (χ3n) is 2.36. The molecule has 0 spiro atoms. The molecular formula is C13H12BrNOS. The van der Waals surface area contributed by atoms with Crippen LogP contribution in [0.25, 0.3) is 10.6 Å². The number of rotatable bonds is 4. The van der Waals surface area contributed by atoms with Crippen LogP contribution < -0.4 is 0 Å². The number of aryl methyl sites for hydroxylation is 1. The Hall–Kier alpha value is -1.00. The number of hydrogen-bond donors (Lipinski definition) is 0. The van der Waals surface area contributed by atoms with Gasteiger partial charge < -0.3 is 4.79 Å². The van der Waals surface area contributed by atoms with Gasteiger partial charge in [0.1, 0.15) is 10.8 Å². The summed E-state index contributed by atoms with van der Waals surface area (Å²) in [5.74, 6) is 0.210. The standard InChI is InChI=1S/C13H12BrNOS/c1-9(16)5-6-12-8-17-13(15-12)10-3-2-4-11(14)7-10/h2-4,7-8H,5-6H2,1H3. The first-order valence-corrected chi connectivity index (χ1v) is 7.02. The number of benzene rings is 1. The van der Waals surface area contributed by atoms with Crippen molar-refractivity contribution in [1.82, 2.24) is 4.98 Å². The lowest BCUT2D eigenvalue weighted by Crippen LogP contribution is -1.94. The van der Waals surface area contributed by atoms with E-state index in [1.54, 1.807) is 18.3 Å². The maximum atomic E-state index is 10.9.